The molecule has 174 valence electrons. The quantitative estimate of drug-likeness (QED) is 0.528. The lowest BCUT2D eigenvalue weighted by atomic mass is 9.87. The molecule has 0 saturated carbocycles. The number of hydrogen-bond donors (Lipinski definition) is 0. The predicted molar refractivity (Wildman–Crippen MR) is 129 cm³/mol. The van der Waals surface area contributed by atoms with E-state index in [1.807, 2.05) is 18.3 Å². The molecule has 0 bridgehead atoms. The standard InChI is InChI=1S/C28H29FN4O/c29-22-15-28(10-4-12-33(28)17-22)18-34-27-20(9-11-30)13-21-16-31-26(14-25(21)32-27)24-8-3-6-19-5-1-2-7-23(19)24/h3,6,8,13-14,16,22H,1-2,4-5,7,9-10,12,15,17-18H2/t22-,28+/m1/s1. The fourth-order valence-corrected chi connectivity index (χ4v) is 6.25. The topological polar surface area (TPSA) is 62.0 Å². The second kappa shape index (κ2) is 8.63. The van der Waals surface area contributed by atoms with Gasteiger partial charge in [0, 0.05) is 35.7 Å². The summed E-state index contributed by atoms with van der Waals surface area (Å²) in [7, 11) is 0. The number of hydrogen-bond acceptors (Lipinski definition) is 5. The number of nitrogens with zero attached hydrogens (tertiary/aromatic N) is 4. The summed E-state index contributed by atoms with van der Waals surface area (Å²) in [6.45, 7) is 1.83. The van der Waals surface area contributed by atoms with Gasteiger partial charge in [-0.1, -0.05) is 18.2 Å². The third-order valence-corrected chi connectivity index (χ3v) is 7.92. The number of aryl methyl sites for hydroxylation is 1. The number of benzene rings is 1. The van der Waals surface area contributed by atoms with Gasteiger partial charge < -0.3 is 4.74 Å². The summed E-state index contributed by atoms with van der Waals surface area (Å²) in [4.78, 5) is 11.9. The van der Waals surface area contributed by atoms with E-state index in [1.165, 1.54) is 29.5 Å². The van der Waals surface area contributed by atoms with E-state index >= 15 is 0 Å². The number of ether oxygens (including phenoxy) is 1. The van der Waals surface area contributed by atoms with E-state index in [9.17, 15) is 9.65 Å². The second-order valence-corrected chi connectivity index (χ2v) is 10.1. The first-order chi connectivity index (χ1) is 16.6. The molecule has 2 fully saturated rings. The molecule has 34 heavy (non-hydrogen) atoms. The SMILES string of the molecule is N#CCc1cc2cnc(-c3cccc4c3CCCC4)cc2nc1OC[C@@]12CCCN1C[C@H](F)C2. The Morgan fingerprint density at radius 3 is 3.03 bits per heavy atom. The molecule has 0 N–H and O–H groups in total. The van der Waals surface area contributed by atoms with Crippen LogP contribution in [-0.2, 0) is 19.3 Å². The van der Waals surface area contributed by atoms with Gasteiger partial charge in [-0.15, -0.1) is 0 Å². The Kier molecular flexibility index (Phi) is 5.45. The zero-order valence-corrected chi connectivity index (χ0v) is 19.4. The summed E-state index contributed by atoms with van der Waals surface area (Å²) in [5.41, 5.74) is 6.27. The highest BCUT2D eigenvalue weighted by molar-refractivity contribution is 5.84. The highest BCUT2D eigenvalue weighted by Gasteiger charge is 2.49. The molecule has 3 aromatic rings. The van der Waals surface area contributed by atoms with Crippen molar-refractivity contribution in [2.75, 3.05) is 19.7 Å². The molecule has 6 rings (SSSR count). The van der Waals surface area contributed by atoms with E-state index in [0.717, 1.165) is 54.4 Å². The Morgan fingerprint density at radius 2 is 2.12 bits per heavy atom. The van der Waals surface area contributed by atoms with Crippen LogP contribution in [0.5, 0.6) is 5.88 Å². The number of aromatic nitrogens is 2. The number of rotatable bonds is 5. The van der Waals surface area contributed by atoms with Crippen molar-refractivity contribution in [2.45, 2.75) is 63.1 Å². The van der Waals surface area contributed by atoms with Gasteiger partial charge in [-0.3, -0.25) is 9.88 Å². The first kappa shape index (κ1) is 21.5. The van der Waals surface area contributed by atoms with Crippen LogP contribution in [0.2, 0.25) is 0 Å². The van der Waals surface area contributed by atoms with Crippen LogP contribution in [0.1, 0.15) is 48.8 Å². The summed E-state index contributed by atoms with van der Waals surface area (Å²) in [5, 5.41) is 10.3. The minimum atomic E-state index is -0.794. The zero-order valence-electron chi connectivity index (χ0n) is 19.4. The van der Waals surface area contributed by atoms with Crippen molar-refractivity contribution in [3.8, 4) is 23.2 Å². The van der Waals surface area contributed by atoms with Crippen LogP contribution in [-0.4, -0.2) is 46.3 Å². The first-order valence-corrected chi connectivity index (χ1v) is 12.4. The molecule has 0 spiro atoms. The Bertz CT molecular complexity index is 1290. The largest absolute Gasteiger partial charge is 0.475 e. The molecular weight excluding hydrogens is 427 g/mol. The highest BCUT2D eigenvalue weighted by atomic mass is 19.1. The molecule has 0 radical (unpaired) electrons. The minimum Gasteiger partial charge on any atom is -0.475 e. The van der Waals surface area contributed by atoms with E-state index in [-0.39, 0.29) is 12.0 Å². The predicted octanol–water partition coefficient (Wildman–Crippen LogP) is 5.20. The molecule has 2 saturated heterocycles. The molecular formula is C28H29FN4O. The van der Waals surface area contributed by atoms with Gasteiger partial charge >= 0.3 is 0 Å². The van der Waals surface area contributed by atoms with E-state index in [4.69, 9.17) is 14.7 Å². The van der Waals surface area contributed by atoms with E-state index in [2.05, 4.69) is 29.2 Å². The number of fused-ring (bicyclic) bond motifs is 3. The lowest BCUT2D eigenvalue weighted by Gasteiger charge is -2.31. The number of halogens is 1. The maximum absolute atomic E-state index is 14.2. The number of nitriles is 1. The molecule has 1 aromatic carbocycles. The van der Waals surface area contributed by atoms with Gasteiger partial charge in [0.25, 0.3) is 0 Å². The number of alkyl halides is 1. The van der Waals surface area contributed by atoms with Gasteiger partial charge in [-0.2, -0.15) is 5.26 Å². The molecule has 3 aliphatic rings. The summed E-state index contributed by atoms with van der Waals surface area (Å²) in [6, 6.07) is 12.7. The second-order valence-electron chi connectivity index (χ2n) is 10.1. The van der Waals surface area contributed by atoms with Crippen LogP contribution in [0.25, 0.3) is 22.2 Å². The van der Waals surface area contributed by atoms with Crippen LogP contribution >= 0.6 is 0 Å². The third-order valence-electron chi connectivity index (χ3n) is 7.92. The van der Waals surface area contributed by atoms with Crippen LogP contribution in [0.15, 0.2) is 36.5 Å². The minimum absolute atomic E-state index is 0.217. The van der Waals surface area contributed by atoms with Gasteiger partial charge in [-0.25, -0.2) is 9.37 Å². The monoisotopic (exact) mass is 456 g/mol. The van der Waals surface area contributed by atoms with Crippen molar-refractivity contribution in [3.63, 3.8) is 0 Å². The summed E-state index contributed by atoms with van der Waals surface area (Å²) < 4.78 is 20.5. The van der Waals surface area contributed by atoms with Crippen LogP contribution < -0.4 is 4.74 Å². The average molecular weight is 457 g/mol. The summed E-state index contributed by atoms with van der Waals surface area (Å²) in [5.74, 6) is 0.491. The fraction of sp³-hybridized carbons (Fsp3) is 0.464. The van der Waals surface area contributed by atoms with Crippen molar-refractivity contribution in [3.05, 3.63) is 53.2 Å². The smallest absolute Gasteiger partial charge is 0.218 e. The molecule has 2 aliphatic heterocycles. The summed E-state index contributed by atoms with van der Waals surface area (Å²) in [6.07, 6.45) is 8.48. The van der Waals surface area contributed by atoms with Crippen LogP contribution in [0, 0.1) is 11.3 Å². The molecule has 5 nitrogen and oxygen atoms in total. The van der Waals surface area contributed by atoms with E-state index < -0.39 is 6.17 Å². The first-order valence-electron chi connectivity index (χ1n) is 12.4. The highest BCUT2D eigenvalue weighted by Crippen LogP contribution is 2.41. The van der Waals surface area contributed by atoms with Gasteiger partial charge in [0.15, 0.2) is 0 Å². The van der Waals surface area contributed by atoms with Crippen molar-refractivity contribution >= 4 is 10.9 Å². The van der Waals surface area contributed by atoms with Crippen molar-refractivity contribution in [2.24, 2.45) is 0 Å². The van der Waals surface area contributed by atoms with E-state index in [0.29, 0.717) is 25.5 Å². The Balaban J connectivity index is 1.35. The zero-order chi connectivity index (χ0) is 23.1. The van der Waals surface area contributed by atoms with Crippen molar-refractivity contribution in [1.29, 1.82) is 5.26 Å². The lowest BCUT2D eigenvalue weighted by molar-refractivity contribution is 0.110. The van der Waals surface area contributed by atoms with Gasteiger partial charge in [0.05, 0.1) is 29.2 Å². The average Bonchev–Trinajstić information content (AvgIpc) is 3.38. The van der Waals surface area contributed by atoms with Gasteiger partial charge in [0.1, 0.15) is 12.8 Å². The maximum Gasteiger partial charge on any atom is 0.218 e. The maximum atomic E-state index is 14.2. The third kappa shape index (κ3) is 3.73. The lowest BCUT2D eigenvalue weighted by Crippen LogP contribution is -2.43. The van der Waals surface area contributed by atoms with Crippen molar-refractivity contribution in [1.82, 2.24) is 14.9 Å². The molecule has 0 unspecified atom stereocenters. The fourth-order valence-electron chi connectivity index (χ4n) is 6.25. The normalized spacial score (nSPS) is 24.1. The molecule has 4 heterocycles. The van der Waals surface area contributed by atoms with Crippen LogP contribution in [0.3, 0.4) is 0 Å². The summed E-state index contributed by atoms with van der Waals surface area (Å²) >= 11 is 0. The molecule has 2 aromatic heterocycles. The molecule has 6 heteroatoms. The number of pyridine rings is 2. The Hall–Kier alpha value is -3.04. The van der Waals surface area contributed by atoms with E-state index in [1.54, 1.807) is 0 Å². The Labute approximate surface area is 199 Å². The van der Waals surface area contributed by atoms with Crippen LogP contribution in [0.4, 0.5) is 4.39 Å². The van der Waals surface area contributed by atoms with Gasteiger partial charge in [0.2, 0.25) is 5.88 Å². The molecule has 1 aliphatic carbocycles. The Morgan fingerprint density at radius 1 is 1.21 bits per heavy atom. The molecule has 2 atom stereocenters. The molecule has 0 amide bonds. The van der Waals surface area contributed by atoms with Gasteiger partial charge in [-0.05, 0) is 68.3 Å². The van der Waals surface area contributed by atoms with Crippen molar-refractivity contribution < 1.29 is 9.13 Å².